The molecule has 1 aliphatic heterocycles. The van der Waals surface area contributed by atoms with Crippen molar-refractivity contribution in [3.63, 3.8) is 0 Å². The second kappa shape index (κ2) is 3.73. The lowest BCUT2D eigenvalue weighted by atomic mass is 10.2. The quantitative estimate of drug-likeness (QED) is 0.813. The van der Waals surface area contributed by atoms with Crippen LogP contribution in [0.25, 0.3) is 11.1 Å². The van der Waals surface area contributed by atoms with Gasteiger partial charge in [0.15, 0.2) is 5.58 Å². The molecule has 0 saturated carbocycles. The number of halogens is 1. The highest BCUT2D eigenvalue weighted by molar-refractivity contribution is 9.09. The molecule has 1 saturated heterocycles. The van der Waals surface area contributed by atoms with E-state index in [1.165, 1.54) is 0 Å². The molecule has 2 aromatic rings. The summed E-state index contributed by atoms with van der Waals surface area (Å²) in [5.41, 5.74) is 1.87. The summed E-state index contributed by atoms with van der Waals surface area (Å²) in [4.78, 5) is 27.2. The maximum Gasteiger partial charge on any atom is 0.417 e. The molecular formula is C11H9BrN2O3. The van der Waals surface area contributed by atoms with Crippen molar-refractivity contribution in [2.24, 2.45) is 0 Å². The molecule has 0 radical (unpaired) electrons. The molecule has 1 N–H and O–H groups in total. The van der Waals surface area contributed by atoms with Crippen molar-refractivity contribution < 1.29 is 9.21 Å². The summed E-state index contributed by atoms with van der Waals surface area (Å²) >= 11 is 3.43. The molecule has 1 amide bonds. The predicted octanol–water partition coefficient (Wildman–Crippen LogP) is 1.62. The van der Waals surface area contributed by atoms with Crippen molar-refractivity contribution in [3.8, 4) is 0 Å². The van der Waals surface area contributed by atoms with E-state index in [1.807, 2.05) is 0 Å². The lowest BCUT2D eigenvalue weighted by molar-refractivity contribution is -0.117. The largest absolute Gasteiger partial charge is 0.417 e. The van der Waals surface area contributed by atoms with Crippen LogP contribution in [0, 0.1) is 0 Å². The van der Waals surface area contributed by atoms with Gasteiger partial charge in [0.25, 0.3) is 0 Å². The molecule has 0 aliphatic carbocycles. The molecule has 17 heavy (non-hydrogen) atoms. The van der Waals surface area contributed by atoms with Crippen LogP contribution in [0.1, 0.15) is 6.42 Å². The number of benzene rings is 1. The third-order valence-electron chi connectivity index (χ3n) is 2.79. The Balaban J connectivity index is 2.06. The van der Waals surface area contributed by atoms with Crippen molar-refractivity contribution in [1.82, 2.24) is 4.98 Å². The second-order valence-corrected chi connectivity index (χ2v) is 5.30. The molecule has 6 heteroatoms. The highest BCUT2D eigenvalue weighted by Crippen LogP contribution is 2.27. The first-order valence-corrected chi connectivity index (χ1v) is 6.12. The Bertz CT molecular complexity index is 645. The topological polar surface area (TPSA) is 66.3 Å². The van der Waals surface area contributed by atoms with Gasteiger partial charge in [0, 0.05) is 29.5 Å². The van der Waals surface area contributed by atoms with Crippen LogP contribution >= 0.6 is 15.9 Å². The predicted molar refractivity (Wildman–Crippen MR) is 66.5 cm³/mol. The zero-order valence-corrected chi connectivity index (χ0v) is 10.4. The number of anilines is 1. The van der Waals surface area contributed by atoms with Gasteiger partial charge in [-0.25, -0.2) is 4.79 Å². The summed E-state index contributed by atoms with van der Waals surface area (Å²) in [6.45, 7) is 0.638. The van der Waals surface area contributed by atoms with Crippen molar-refractivity contribution in [2.45, 2.75) is 11.2 Å². The highest BCUT2D eigenvalue weighted by Gasteiger charge is 2.28. The van der Waals surface area contributed by atoms with Crippen molar-refractivity contribution in [2.75, 3.05) is 11.4 Å². The number of H-pyrrole nitrogens is 1. The lowest BCUT2D eigenvalue weighted by Crippen LogP contribution is -2.24. The molecule has 2 heterocycles. The molecule has 1 aromatic heterocycles. The molecule has 0 spiro atoms. The summed E-state index contributed by atoms with van der Waals surface area (Å²) < 4.78 is 4.97. The lowest BCUT2D eigenvalue weighted by Gasteiger charge is -2.15. The molecule has 1 fully saturated rings. The van der Waals surface area contributed by atoms with Gasteiger partial charge in [-0.2, -0.15) is 0 Å². The fourth-order valence-corrected chi connectivity index (χ4v) is 2.58. The molecule has 88 valence electrons. The molecule has 1 unspecified atom stereocenters. The molecule has 1 atom stereocenters. The smallest absolute Gasteiger partial charge is 0.408 e. The maximum atomic E-state index is 11.7. The average Bonchev–Trinajstić information content (AvgIpc) is 2.78. The fraction of sp³-hybridized carbons (Fsp3) is 0.273. The number of hydrogen-bond donors (Lipinski definition) is 1. The SMILES string of the molecule is O=C1CC(Br)CN1c1ccc2[nH]c(=O)oc2c1. The number of oxazole rings is 1. The molecule has 1 aromatic carbocycles. The van der Waals surface area contributed by atoms with Gasteiger partial charge in [0.05, 0.1) is 5.52 Å². The standard InChI is InChI=1S/C11H9BrN2O3/c12-6-3-10(15)14(5-6)7-1-2-8-9(4-7)17-11(16)13-8/h1-2,4,6H,3,5H2,(H,13,16). The Morgan fingerprint density at radius 3 is 2.94 bits per heavy atom. The third-order valence-corrected chi connectivity index (χ3v) is 3.41. The number of alkyl halides is 1. The fourth-order valence-electron chi connectivity index (χ4n) is 2.02. The van der Waals surface area contributed by atoms with Crippen LogP contribution in [0.4, 0.5) is 5.69 Å². The Kier molecular flexibility index (Phi) is 2.32. The average molecular weight is 297 g/mol. The van der Waals surface area contributed by atoms with Gasteiger partial charge >= 0.3 is 5.76 Å². The van der Waals surface area contributed by atoms with Crippen molar-refractivity contribution in [3.05, 3.63) is 28.7 Å². The minimum Gasteiger partial charge on any atom is -0.408 e. The normalized spacial score (nSPS) is 20.4. The van der Waals surface area contributed by atoms with Crippen molar-refractivity contribution >= 4 is 38.6 Å². The zero-order valence-electron chi connectivity index (χ0n) is 8.77. The second-order valence-electron chi connectivity index (χ2n) is 4.00. The van der Waals surface area contributed by atoms with Crippen LogP contribution in [0.15, 0.2) is 27.4 Å². The van der Waals surface area contributed by atoms with Gasteiger partial charge in [0.2, 0.25) is 5.91 Å². The third kappa shape index (κ3) is 1.78. The summed E-state index contributed by atoms with van der Waals surface area (Å²) in [5.74, 6) is -0.410. The van der Waals surface area contributed by atoms with Crippen molar-refractivity contribution in [1.29, 1.82) is 0 Å². The Labute approximate surface area is 105 Å². The van der Waals surface area contributed by atoms with E-state index in [-0.39, 0.29) is 10.7 Å². The number of aromatic nitrogens is 1. The van der Waals surface area contributed by atoms with Gasteiger partial charge in [-0.15, -0.1) is 0 Å². The summed E-state index contributed by atoms with van der Waals surface area (Å²) in [6, 6.07) is 5.25. The van der Waals surface area contributed by atoms with Gasteiger partial charge in [0.1, 0.15) is 0 Å². The van der Waals surface area contributed by atoms with Crippen LogP contribution in [0.2, 0.25) is 0 Å². The maximum absolute atomic E-state index is 11.7. The van der Waals surface area contributed by atoms with E-state index in [0.717, 1.165) is 5.69 Å². The van der Waals surface area contributed by atoms with E-state index in [2.05, 4.69) is 20.9 Å². The molecule has 0 bridgehead atoms. The van der Waals surface area contributed by atoms with Gasteiger partial charge < -0.3 is 9.32 Å². The van der Waals surface area contributed by atoms with Crippen LogP contribution in [0.3, 0.4) is 0 Å². The number of aromatic amines is 1. The number of nitrogens with one attached hydrogen (secondary N) is 1. The Hall–Kier alpha value is -1.56. The monoisotopic (exact) mass is 296 g/mol. The summed E-state index contributed by atoms with van der Waals surface area (Å²) in [6.07, 6.45) is 0.495. The minimum atomic E-state index is -0.483. The Morgan fingerprint density at radius 1 is 1.41 bits per heavy atom. The van der Waals surface area contributed by atoms with Crippen LogP contribution in [-0.2, 0) is 4.79 Å². The number of fused-ring (bicyclic) bond motifs is 1. The summed E-state index contributed by atoms with van der Waals surface area (Å²) in [7, 11) is 0. The van der Waals surface area contributed by atoms with Crippen LogP contribution in [0.5, 0.6) is 0 Å². The van der Waals surface area contributed by atoms with E-state index >= 15 is 0 Å². The van der Waals surface area contributed by atoms with Gasteiger partial charge in [-0.1, -0.05) is 15.9 Å². The van der Waals surface area contributed by atoms with E-state index in [4.69, 9.17) is 4.42 Å². The number of rotatable bonds is 1. The van der Waals surface area contributed by atoms with Crippen LogP contribution < -0.4 is 10.7 Å². The number of hydrogen-bond acceptors (Lipinski definition) is 3. The Morgan fingerprint density at radius 2 is 2.24 bits per heavy atom. The van der Waals surface area contributed by atoms with Gasteiger partial charge in [-0.05, 0) is 12.1 Å². The van der Waals surface area contributed by atoms with E-state index < -0.39 is 5.76 Å². The minimum absolute atomic E-state index is 0.0732. The molecule has 3 rings (SSSR count). The van der Waals surface area contributed by atoms with E-state index in [9.17, 15) is 9.59 Å². The van der Waals surface area contributed by atoms with E-state index in [1.54, 1.807) is 23.1 Å². The van der Waals surface area contributed by atoms with Gasteiger partial charge in [-0.3, -0.25) is 9.78 Å². The number of carbonyl (C=O) groups excluding carboxylic acids is 1. The summed E-state index contributed by atoms with van der Waals surface area (Å²) in [5, 5.41) is 0. The van der Waals surface area contributed by atoms with Crippen LogP contribution in [-0.4, -0.2) is 22.3 Å². The highest BCUT2D eigenvalue weighted by atomic mass is 79.9. The first-order valence-electron chi connectivity index (χ1n) is 5.21. The first kappa shape index (κ1) is 10.6. The number of amides is 1. The first-order chi connectivity index (χ1) is 8.13. The molecule has 5 nitrogen and oxygen atoms in total. The zero-order chi connectivity index (χ0) is 12.0. The molecule has 1 aliphatic rings. The number of carbonyl (C=O) groups is 1. The van der Waals surface area contributed by atoms with E-state index in [0.29, 0.717) is 24.1 Å². The molecular weight excluding hydrogens is 288 g/mol. The number of nitrogens with zero attached hydrogens (tertiary/aromatic N) is 1.